The standard InChI is InChI=1S/C13H11BrN2O3/c14-9-3-1-8(2-4-9)7-19-12-11(13(17)18)5-10(15)6-16-12/h1-6H,7,15H2,(H,17,18). The number of aromatic nitrogens is 1. The molecule has 0 bridgehead atoms. The van der Waals surface area contributed by atoms with E-state index in [0.717, 1.165) is 10.0 Å². The Morgan fingerprint density at radius 2 is 2.05 bits per heavy atom. The number of nitrogens with two attached hydrogens (primary N) is 1. The lowest BCUT2D eigenvalue weighted by Gasteiger charge is -2.08. The monoisotopic (exact) mass is 322 g/mol. The molecule has 0 aliphatic rings. The Hall–Kier alpha value is -2.08. The van der Waals surface area contributed by atoms with Gasteiger partial charge in [0.1, 0.15) is 12.2 Å². The van der Waals surface area contributed by atoms with Gasteiger partial charge in [0, 0.05) is 4.47 Å². The van der Waals surface area contributed by atoms with E-state index in [1.807, 2.05) is 24.3 Å². The minimum Gasteiger partial charge on any atom is -0.477 e. The van der Waals surface area contributed by atoms with Crippen LogP contribution in [0, 0.1) is 0 Å². The molecule has 2 rings (SSSR count). The zero-order valence-electron chi connectivity index (χ0n) is 9.84. The first-order chi connectivity index (χ1) is 9.06. The zero-order chi connectivity index (χ0) is 13.8. The van der Waals surface area contributed by atoms with Gasteiger partial charge in [-0.05, 0) is 23.8 Å². The number of hydrogen-bond acceptors (Lipinski definition) is 4. The summed E-state index contributed by atoms with van der Waals surface area (Å²) in [5, 5.41) is 9.04. The third-order valence-corrected chi connectivity index (χ3v) is 2.92. The molecule has 6 heteroatoms. The van der Waals surface area contributed by atoms with Crippen LogP contribution >= 0.6 is 15.9 Å². The summed E-state index contributed by atoms with van der Waals surface area (Å²) in [5.74, 6) is -1.06. The van der Waals surface area contributed by atoms with Gasteiger partial charge >= 0.3 is 5.97 Å². The molecule has 0 spiro atoms. The van der Waals surface area contributed by atoms with Crippen molar-refractivity contribution < 1.29 is 14.6 Å². The van der Waals surface area contributed by atoms with E-state index in [1.165, 1.54) is 12.3 Å². The van der Waals surface area contributed by atoms with Crippen molar-refractivity contribution in [3.8, 4) is 5.88 Å². The van der Waals surface area contributed by atoms with Crippen molar-refractivity contribution in [2.45, 2.75) is 6.61 Å². The largest absolute Gasteiger partial charge is 0.477 e. The summed E-state index contributed by atoms with van der Waals surface area (Å²) < 4.78 is 6.38. The Morgan fingerprint density at radius 1 is 1.37 bits per heavy atom. The Morgan fingerprint density at radius 3 is 2.68 bits per heavy atom. The third kappa shape index (κ3) is 3.45. The smallest absolute Gasteiger partial charge is 0.341 e. The van der Waals surface area contributed by atoms with Gasteiger partial charge in [0.05, 0.1) is 11.9 Å². The molecule has 19 heavy (non-hydrogen) atoms. The molecule has 0 aliphatic carbocycles. The molecular weight excluding hydrogens is 312 g/mol. The summed E-state index contributed by atoms with van der Waals surface area (Å²) in [4.78, 5) is 14.9. The van der Waals surface area contributed by atoms with E-state index >= 15 is 0 Å². The molecule has 0 fully saturated rings. The molecule has 98 valence electrons. The number of nitrogen functional groups attached to an aromatic ring is 1. The minimum atomic E-state index is -1.12. The number of pyridine rings is 1. The van der Waals surface area contributed by atoms with E-state index in [2.05, 4.69) is 20.9 Å². The van der Waals surface area contributed by atoms with Gasteiger partial charge in [0.15, 0.2) is 0 Å². The topological polar surface area (TPSA) is 85.4 Å². The zero-order valence-corrected chi connectivity index (χ0v) is 11.4. The number of benzene rings is 1. The van der Waals surface area contributed by atoms with Crippen LogP contribution in [0.5, 0.6) is 5.88 Å². The number of aromatic carboxylic acids is 1. The van der Waals surface area contributed by atoms with E-state index in [1.54, 1.807) is 0 Å². The average molecular weight is 323 g/mol. The lowest BCUT2D eigenvalue weighted by molar-refractivity contribution is 0.0690. The Balaban J connectivity index is 2.15. The maximum atomic E-state index is 11.0. The predicted octanol–water partition coefficient (Wildman–Crippen LogP) is 2.70. The first-order valence-electron chi connectivity index (χ1n) is 5.42. The van der Waals surface area contributed by atoms with Gasteiger partial charge in [-0.3, -0.25) is 0 Å². The van der Waals surface area contributed by atoms with Gasteiger partial charge in [-0.25, -0.2) is 9.78 Å². The molecule has 3 N–H and O–H groups in total. The molecule has 0 saturated carbocycles. The van der Waals surface area contributed by atoms with Crippen molar-refractivity contribution in [3.05, 3.63) is 52.1 Å². The maximum Gasteiger partial charge on any atom is 0.341 e. The number of nitrogens with zero attached hydrogens (tertiary/aromatic N) is 1. The molecular formula is C13H11BrN2O3. The van der Waals surface area contributed by atoms with E-state index in [0.29, 0.717) is 0 Å². The van der Waals surface area contributed by atoms with Gasteiger partial charge in [-0.2, -0.15) is 0 Å². The molecule has 0 atom stereocenters. The number of hydrogen-bond donors (Lipinski definition) is 2. The SMILES string of the molecule is Nc1cnc(OCc2ccc(Br)cc2)c(C(=O)O)c1. The first-order valence-corrected chi connectivity index (χ1v) is 6.21. The highest BCUT2D eigenvalue weighted by Crippen LogP contribution is 2.19. The summed E-state index contributed by atoms with van der Waals surface area (Å²) in [6.07, 6.45) is 1.36. The fourth-order valence-electron chi connectivity index (χ4n) is 1.47. The molecule has 1 aromatic carbocycles. The average Bonchev–Trinajstić information content (AvgIpc) is 2.39. The molecule has 2 aromatic rings. The maximum absolute atomic E-state index is 11.0. The van der Waals surface area contributed by atoms with E-state index < -0.39 is 5.97 Å². The number of rotatable bonds is 4. The number of carboxylic acid groups (broad SMARTS) is 1. The normalized spacial score (nSPS) is 10.2. The van der Waals surface area contributed by atoms with Crippen LogP contribution in [0.1, 0.15) is 15.9 Å². The lowest BCUT2D eigenvalue weighted by Crippen LogP contribution is -2.06. The summed E-state index contributed by atoms with van der Waals surface area (Å²) >= 11 is 3.34. The number of anilines is 1. The van der Waals surface area contributed by atoms with Crippen LogP contribution in [-0.4, -0.2) is 16.1 Å². The van der Waals surface area contributed by atoms with Crippen molar-refractivity contribution >= 4 is 27.6 Å². The van der Waals surface area contributed by atoms with Crippen molar-refractivity contribution in [1.82, 2.24) is 4.98 Å². The summed E-state index contributed by atoms with van der Waals surface area (Å²) in [6, 6.07) is 8.84. The molecule has 0 radical (unpaired) electrons. The first kappa shape index (κ1) is 13.4. The van der Waals surface area contributed by atoms with Crippen LogP contribution < -0.4 is 10.5 Å². The van der Waals surface area contributed by atoms with Crippen LogP contribution in [0.4, 0.5) is 5.69 Å². The molecule has 1 aromatic heterocycles. The van der Waals surface area contributed by atoms with Crippen LogP contribution in [0.25, 0.3) is 0 Å². The van der Waals surface area contributed by atoms with Crippen molar-refractivity contribution in [3.63, 3.8) is 0 Å². The summed E-state index contributed by atoms with van der Waals surface area (Å²) in [7, 11) is 0. The highest BCUT2D eigenvalue weighted by Gasteiger charge is 2.13. The van der Waals surface area contributed by atoms with Gasteiger partial charge in [-0.1, -0.05) is 28.1 Å². The Labute approximate surface area is 118 Å². The van der Waals surface area contributed by atoms with Crippen molar-refractivity contribution in [1.29, 1.82) is 0 Å². The van der Waals surface area contributed by atoms with Gasteiger partial charge in [-0.15, -0.1) is 0 Å². The van der Waals surface area contributed by atoms with Crippen LogP contribution in [0.2, 0.25) is 0 Å². The molecule has 0 amide bonds. The fourth-order valence-corrected chi connectivity index (χ4v) is 1.73. The predicted molar refractivity (Wildman–Crippen MR) is 74.1 cm³/mol. The molecule has 5 nitrogen and oxygen atoms in total. The van der Waals surface area contributed by atoms with Crippen LogP contribution in [0.3, 0.4) is 0 Å². The number of carboxylic acids is 1. The minimum absolute atomic E-state index is 0.0443. The second-order valence-electron chi connectivity index (χ2n) is 3.84. The summed E-state index contributed by atoms with van der Waals surface area (Å²) in [6.45, 7) is 0.241. The quantitative estimate of drug-likeness (QED) is 0.903. The van der Waals surface area contributed by atoms with E-state index in [4.69, 9.17) is 15.6 Å². The number of ether oxygens (including phenoxy) is 1. The third-order valence-electron chi connectivity index (χ3n) is 2.39. The lowest BCUT2D eigenvalue weighted by atomic mass is 10.2. The van der Waals surface area contributed by atoms with E-state index in [-0.39, 0.29) is 23.7 Å². The van der Waals surface area contributed by atoms with E-state index in [9.17, 15) is 4.79 Å². The van der Waals surface area contributed by atoms with Gasteiger partial charge in [0.25, 0.3) is 0 Å². The van der Waals surface area contributed by atoms with Gasteiger partial charge < -0.3 is 15.6 Å². The second kappa shape index (κ2) is 5.71. The molecule has 0 unspecified atom stereocenters. The highest BCUT2D eigenvalue weighted by atomic mass is 79.9. The number of halogens is 1. The fraction of sp³-hybridized carbons (Fsp3) is 0.0769. The molecule has 0 aliphatic heterocycles. The summed E-state index contributed by atoms with van der Waals surface area (Å²) in [5.41, 5.74) is 6.66. The van der Waals surface area contributed by atoms with Crippen LogP contribution in [-0.2, 0) is 6.61 Å². The van der Waals surface area contributed by atoms with Gasteiger partial charge in [0.2, 0.25) is 5.88 Å². The Bertz CT molecular complexity index is 599. The molecule has 0 saturated heterocycles. The Kier molecular flexibility index (Phi) is 4.01. The molecule has 1 heterocycles. The van der Waals surface area contributed by atoms with Crippen LogP contribution in [0.15, 0.2) is 41.0 Å². The van der Waals surface area contributed by atoms with Crippen molar-refractivity contribution in [2.75, 3.05) is 5.73 Å². The second-order valence-corrected chi connectivity index (χ2v) is 4.76. The van der Waals surface area contributed by atoms with Crippen molar-refractivity contribution in [2.24, 2.45) is 0 Å². The number of carbonyl (C=O) groups is 1. The highest BCUT2D eigenvalue weighted by molar-refractivity contribution is 9.10.